The van der Waals surface area contributed by atoms with E-state index in [2.05, 4.69) is 0 Å². The molecule has 0 bridgehead atoms. The molecule has 1 heterocycles. The zero-order chi connectivity index (χ0) is 13.4. The molecule has 2 rings (SSSR count). The van der Waals surface area contributed by atoms with Crippen molar-refractivity contribution in [1.29, 1.82) is 0 Å². The quantitative estimate of drug-likeness (QED) is 0.750. The summed E-state index contributed by atoms with van der Waals surface area (Å²) in [5.41, 5.74) is -0.443. The molecule has 3 N–H and O–H groups in total. The minimum absolute atomic E-state index is 0.0413. The molecule has 0 amide bonds. The zero-order valence-corrected chi connectivity index (χ0v) is 10.1. The fourth-order valence-electron chi connectivity index (χ4n) is 1.87. The SMILES string of the molecule is Cc1c(O)cc2cc(C[C@H](C)O)oc(=O)c2c1O. The van der Waals surface area contributed by atoms with E-state index in [1.165, 1.54) is 19.1 Å². The molecule has 0 fully saturated rings. The number of benzene rings is 1. The van der Waals surface area contributed by atoms with Gasteiger partial charge in [0, 0.05) is 12.0 Å². The molecule has 0 unspecified atom stereocenters. The molecule has 1 atom stereocenters. The first-order valence-corrected chi connectivity index (χ1v) is 5.56. The molecule has 0 aliphatic rings. The monoisotopic (exact) mass is 250 g/mol. The zero-order valence-electron chi connectivity index (χ0n) is 10.1. The van der Waals surface area contributed by atoms with Gasteiger partial charge in [0.05, 0.1) is 6.10 Å². The maximum absolute atomic E-state index is 11.8. The standard InChI is InChI=1S/C13H14O5/c1-6(14)3-9-4-8-5-10(15)7(2)12(16)11(8)13(17)18-9/h4-6,14-16H,3H2,1-2H3/t6-/m0/s1. The highest BCUT2D eigenvalue weighted by molar-refractivity contribution is 5.90. The first-order chi connectivity index (χ1) is 8.40. The van der Waals surface area contributed by atoms with Crippen LogP contribution in [0.1, 0.15) is 18.2 Å². The highest BCUT2D eigenvalue weighted by Gasteiger charge is 2.14. The number of hydrogen-bond acceptors (Lipinski definition) is 5. The number of aliphatic hydroxyl groups excluding tert-OH is 1. The van der Waals surface area contributed by atoms with Crippen LogP contribution in [-0.4, -0.2) is 21.4 Å². The van der Waals surface area contributed by atoms with Gasteiger partial charge in [-0.1, -0.05) is 0 Å². The van der Waals surface area contributed by atoms with E-state index in [9.17, 15) is 20.1 Å². The molecule has 0 aliphatic carbocycles. The van der Waals surface area contributed by atoms with E-state index in [1.807, 2.05) is 0 Å². The highest BCUT2D eigenvalue weighted by atomic mass is 16.4. The van der Waals surface area contributed by atoms with E-state index in [4.69, 9.17) is 4.42 Å². The van der Waals surface area contributed by atoms with Gasteiger partial charge >= 0.3 is 5.63 Å². The number of rotatable bonds is 2. The van der Waals surface area contributed by atoms with E-state index in [-0.39, 0.29) is 28.9 Å². The summed E-state index contributed by atoms with van der Waals surface area (Å²) >= 11 is 0. The average molecular weight is 250 g/mol. The Morgan fingerprint density at radius 1 is 1.33 bits per heavy atom. The number of aromatic hydroxyl groups is 2. The Morgan fingerprint density at radius 3 is 2.61 bits per heavy atom. The Morgan fingerprint density at radius 2 is 2.00 bits per heavy atom. The van der Waals surface area contributed by atoms with Crippen LogP contribution in [0.2, 0.25) is 0 Å². The summed E-state index contributed by atoms with van der Waals surface area (Å²) < 4.78 is 5.02. The predicted molar refractivity (Wildman–Crippen MR) is 65.9 cm³/mol. The van der Waals surface area contributed by atoms with Gasteiger partial charge in [0.2, 0.25) is 0 Å². The summed E-state index contributed by atoms with van der Waals surface area (Å²) in [4.78, 5) is 11.8. The van der Waals surface area contributed by atoms with Crippen LogP contribution in [0.5, 0.6) is 11.5 Å². The molecule has 5 nitrogen and oxygen atoms in total. The lowest BCUT2D eigenvalue weighted by atomic mass is 10.1. The molecule has 5 heteroatoms. The van der Waals surface area contributed by atoms with Crippen LogP contribution >= 0.6 is 0 Å². The third-order valence-electron chi connectivity index (χ3n) is 2.80. The van der Waals surface area contributed by atoms with Crippen LogP contribution in [0.15, 0.2) is 21.3 Å². The fraction of sp³-hybridized carbons (Fsp3) is 0.308. The van der Waals surface area contributed by atoms with Crippen molar-refractivity contribution in [2.45, 2.75) is 26.4 Å². The second-order valence-electron chi connectivity index (χ2n) is 4.39. The second-order valence-corrected chi connectivity index (χ2v) is 4.39. The molecule has 0 saturated carbocycles. The van der Waals surface area contributed by atoms with Crippen molar-refractivity contribution in [3.8, 4) is 11.5 Å². The lowest BCUT2D eigenvalue weighted by Gasteiger charge is -2.08. The molecule has 0 spiro atoms. The van der Waals surface area contributed by atoms with Gasteiger partial charge in [0.15, 0.2) is 0 Å². The summed E-state index contributed by atoms with van der Waals surface area (Å²) in [5.74, 6) is -0.0545. The summed E-state index contributed by atoms with van der Waals surface area (Å²) in [5, 5.41) is 29.1. The highest BCUT2D eigenvalue weighted by Crippen LogP contribution is 2.33. The van der Waals surface area contributed by atoms with Gasteiger partial charge in [0.1, 0.15) is 22.6 Å². The van der Waals surface area contributed by atoms with Gasteiger partial charge in [-0.2, -0.15) is 0 Å². The van der Waals surface area contributed by atoms with Crippen LogP contribution in [0.25, 0.3) is 10.8 Å². The first kappa shape index (κ1) is 12.4. The summed E-state index contributed by atoms with van der Waals surface area (Å²) in [6.45, 7) is 3.08. The normalized spacial score (nSPS) is 12.8. The van der Waals surface area contributed by atoms with E-state index < -0.39 is 11.7 Å². The summed E-state index contributed by atoms with van der Waals surface area (Å²) in [6, 6.07) is 2.93. The topological polar surface area (TPSA) is 90.9 Å². The van der Waals surface area contributed by atoms with Crippen LogP contribution in [0, 0.1) is 6.92 Å². The number of aliphatic hydroxyl groups is 1. The Labute approximate surface area is 103 Å². The van der Waals surface area contributed by atoms with Gasteiger partial charge in [-0.25, -0.2) is 4.79 Å². The van der Waals surface area contributed by atoms with E-state index in [1.54, 1.807) is 6.92 Å². The van der Waals surface area contributed by atoms with E-state index >= 15 is 0 Å². The van der Waals surface area contributed by atoms with Crippen LogP contribution < -0.4 is 5.63 Å². The van der Waals surface area contributed by atoms with Crippen molar-refractivity contribution in [2.75, 3.05) is 0 Å². The first-order valence-electron chi connectivity index (χ1n) is 5.56. The predicted octanol–water partition coefficient (Wildman–Crippen LogP) is 1.44. The smallest absolute Gasteiger partial charge is 0.347 e. The molecule has 1 aromatic heterocycles. The minimum Gasteiger partial charge on any atom is -0.508 e. The Balaban J connectivity index is 2.74. The third kappa shape index (κ3) is 2.04. The molecule has 0 aliphatic heterocycles. The number of hydrogen-bond donors (Lipinski definition) is 3. The molecular formula is C13H14O5. The van der Waals surface area contributed by atoms with Crippen molar-refractivity contribution in [3.05, 3.63) is 33.9 Å². The summed E-state index contributed by atoms with van der Waals surface area (Å²) in [7, 11) is 0. The van der Waals surface area contributed by atoms with Crippen molar-refractivity contribution < 1.29 is 19.7 Å². The number of phenolic OH excluding ortho intramolecular Hbond substituents is 2. The van der Waals surface area contributed by atoms with Gasteiger partial charge in [-0.05, 0) is 31.4 Å². The molecular weight excluding hydrogens is 236 g/mol. The lowest BCUT2D eigenvalue weighted by molar-refractivity contribution is 0.186. The molecule has 0 saturated heterocycles. The van der Waals surface area contributed by atoms with Crippen molar-refractivity contribution in [1.82, 2.24) is 0 Å². The van der Waals surface area contributed by atoms with Gasteiger partial charge in [-0.3, -0.25) is 0 Å². The van der Waals surface area contributed by atoms with E-state index in [0.29, 0.717) is 11.1 Å². The second kappa shape index (κ2) is 4.34. The molecule has 96 valence electrons. The number of phenols is 2. The van der Waals surface area contributed by atoms with Crippen LogP contribution in [0.3, 0.4) is 0 Å². The Bertz CT molecular complexity index is 654. The lowest BCUT2D eigenvalue weighted by Crippen LogP contribution is -2.09. The largest absolute Gasteiger partial charge is 0.508 e. The molecule has 18 heavy (non-hydrogen) atoms. The van der Waals surface area contributed by atoms with Crippen molar-refractivity contribution in [2.24, 2.45) is 0 Å². The van der Waals surface area contributed by atoms with Gasteiger partial charge in [-0.15, -0.1) is 0 Å². The summed E-state index contributed by atoms with van der Waals surface area (Å²) in [6.07, 6.45) is -0.445. The van der Waals surface area contributed by atoms with Gasteiger partial charge < -0.3 is 19.7 Å². The van der Waals surface area contributed by atoms with E-state index in [0.717, 1.165) is 0 Å². The minimum atomic E-state index is -0.677. The Kier molecular flexibility index (Phi) is 3.00. The fourth-order valence-corrected chi connectivity index (χ4v) is 1.87. The Hall–Kier alpha value is -2.01. The number of fused-ring (bicyclic) bond motifs is 1. The van der Waals surface area contributed by atoms with Crippen molar-refractivity contribution in [3.63, 3.8) is 0 Å². The molecule has 2 aromatic rings. The molecule has 1 aromatic carbocycles. The van der Waals surface area contributed by atoms with Crippen molar-refractivity contribution >= 4 is 10.8 Å². The average Bonchev–Trinajstić information content (AvgIpc) is 2.24. The molecule has 0 radical (unpaired) electrons. The third-order valence-corrected chi connectivity index (χ3v) is 2.80. The maximum atomic E-state index is 11.8. The van der Waals surface area contributed by atoms with Crippen LogP contribution in [-0.2, 0) is 6.42 Å². The van der Waals surface area contributed by atoms with Crippen LogP contribution in [0.4, 0.5) is 0 Å². The van der Waals surface area contributed by atoms with Gasteiger partial charge in [0.25, 0.3) is 0 Å². The maximum Gasteiger partial charge on any atom is 0.347 e.